The van der Waals surface area contributed by atoms with E-state index in [0.717, 1.165) is 0 Å². The van der Waals surface area contributed by atoms with Gasteiger partial charge in [-0.15, -0.1) is 0 Å². The van der Waals surface area contributed by atoms with E-state index in [4.69, 9.17) is 16.9 Å². The largest absolute Gasteiger partial charge is 0.389 e. The third-order valence-corrected chi connectivity index (χ3v) is 2.23. The average molecular weight is 212 g/mol. The van der Waals surface area contributed by atoms with Gasteiger partial charge < -0.3 is 10.2 Å². The van der Waals surface area contributed by atoms with Crippen molar-refractivity contribution in [3.05, 3.63) is 34.9 Å². The van der Waals surface area contributed by atoms with Crippen LogP contribution in [0.15, 0.2) is 24.3 Å². The van der Waals surface area contributed by atoms with Gasteiger partial charge in [0.1, 0.15) is 6.10 Å². The molecule has 2 atom stereocenters. The molecule has 3 nitrogen and oxygen atoms in total. The number of nitrogens with zero attached hydrogens (tertiary/aromatic N) is 1. The quantitative estimate of drug-likeness (QED) is 0.799. The van der Waals surface area contributed by atoms with Gasteiger partial charge in [0, 0.05) is 10.6 Å². The first kappa shape index (κ1) is 11.0. The van der Waals surface area contributed by atoms with Gasteiger partial charge in [0.05, 0.1) is 18.6 Å². The van der Waals surface area contributed by atoms with E-state index >= 15 is 0 Å². The summed E-state index contributed by atoms with van der Waals surface area (Å²) in [6.07, 6.45) is -2.32. The Morgan fingerprint density at radius 3 is 2.57 bits per heavy atom. The van der Waals surface area contributed by atoms with E-state index in [0.29, 0.717) is 10.6 Å². The van der Waals surface area contributed by atoms with Crippen LogP contribution in [-0.2, 0) is 0 Å². The van der Waals surface area contributed by atoms with Crippen LogP contribution in [0, 0.1) is 11.3 Å². The summed E-state index contributed by atoms with van der Waals surface area (Å²) in [7, 11) is 0. The van der Waals surface area contributed by atoms with Gasteiger partial charge in [-0.1, -0.05) is 29.8 Å². The van der Waals surface area contributed by atoms with Crippen LogP contribution in [0.5, 0.6) is 0 Å². The summed E-state index contributed by atoms with van der Waals surface area (Å²) < 4.78 is 0. The van der Waals surface area contributed by atoms with Gasteiger partial charge >= 0.3 is 0 Å². The van der Waals surface area contributed by atoms with Crippen LogP contribution in [-0.4, -0.2) is 16.3 Å². The first-order valence-corrected chi connectivity index (χ1v) is 4.52. The Hall–Kier alpha value is -1.08. The standard InChI is InChI=1S/C10H10ClNO2/c11-8-4-2-1-3-7(8)10(14)9(13)5-6-12/h1-4,9-10,13-14H,5H2. The van der Waals surface area contributed by atoms with Crippen molar-refractivity contribution in [2.75, 3.05) is 0 Å². The fraction of sp³-hybridized carbons (Fsp3) is 0.300. The molecule has 0 spiro atoms. The Labute approximate surface area is 87.2 Å². The zero-order chi connectivity index (χ0) is 10.6. The molecule has 0 heterocycles. The lowest BCUT2D eigenvalue weighted by atomic mass is 10.0. The molecule has 0 bridgehead atoms. The SMILES string of the molecule is N#CCC(O)C(O)c1ccccc1Cl. The smallest absolute Gasteiger partial charge is 0.107 e. The van der Waals surface area contributed by atoms with Crippen LogP contribution in [0.1, 0.15) is 18.1 Å². The average Bonchev–Trinajstić information content (AvgIpc) is 2.18. The van der Waals surface area contributed by atoms with Gasteiger partial charge in [-0.3, -0.25) is 0 Å². The highest BCUT2D eigenvalue weighted by Gasteiger charge is 2.19. The van der Waals surface area contributed by atoms with Crippen molar-refractivity contribution in [1.29, 1.82) is 5.26 Å². The predicted octanol–water partition coefficient (Wildman–Crippen LogP) is 1.65. The number of hydrogen-bond acceptors (Lipinski definition) is 3. The summed E-state index contributed by atoms with van der Waals surface area (Å²) >= 11 is 5.81. The molecule has 0 fully saturated rings. The fourth-order valence-corrected chi connectivity index (χ4v) is 1.37. The Bertz CT molecular complexity index is 348. The number of benzene rings is 1. The molecule has 0 aliphatic rings. The normalized spacial score (nSPS) is 14.4. The third kappa shape index (κ3) is 2.46. The summed E-state index contributed by atoms with van der Waals surface area (Å²) in [5.74, 6) is 0. The van der Waals surface area contributed by atoms with Crippen LogP contribution in [0.2, 0.25) is 5.02 Å². The molecule has 2 N–H and O–H groups in total. The second-order valence-corrected chi connectivity index (χ2v) is 3.30. The van der Waals surface area contributed by atoms with Crippen molar-refractivity contribution in [3.8, 4) is 6.07 Å². The Kier molecular flexibility index (Phi) is 3.90. The van der Waals surface area contributed by atoms with Crippen molar-refractivity contribution in [1.82, 2.24) is 0 Å². The summed E-state index contributed by atoms with van der Waals surface area (Å²) in [6.45, 7) is 0. The van der Waals surface area contributed by atoms with E-state index < -0.39 is 12.2 Å². The lowest BCUT2D eigenvalue weighted by Gasteiger charge is -2.16. The maximum Gasteiger partial charge on any atom is 0.107 e. The first-order valence-electron chi connectivity index (χ1n) is 4.14. The highest BCUT2D eigenvalue weighted by molar-refractivity contribution is 6.31. The van der Waals surface area contributed by atoms with Crippen LogP contribution in [0.4, 0.5) is 0 Å². The molecular formula is C10H10ClNO2. The molecule has 0 aliphatic heterocycles. The second-order valence-electron chi connectivity index (χ2n) is 2.90. The van der Waals surface area contributed by atoms with Gasteiger partial charge in [0.25, 0.3) is 0 Å². The summed E-state index contributed by atoms with van der Waals surface area (Å²) in [5, 5.41) is 27.7. The first-order chi connectivity index (χ1) is 6.66. The van der Waals surface area contributed by atoms with Gasteiger partial charge in [0.2, 0.25) is 0 Å². The summed E-state index contributed by atoms with van der Waals surface area (Å²) in [4.78, 5) is 0. The predicted molar refractivity (Wildman–Crippen MR) is 52.6 cm³/mol. The maximum atomic E-state index is 9.62. The van der Waals surface area contributed by atoms with Gasteiger partial charge in [-0.05, 0) is 6.07 Å². The molecule has 0 aromatic heterocycles. The monoisotopic (exact) mass is 211 g/mol. The van der Waals surface area contributed by atoms with E-state index in [1.807, 2.05) is 0 Å². The highest BCUT2D eigenvalue weighted by atomic mass is 35.5. The van der Waals surface area contributed by atoms with Crippen molar-refractivity contribution in [2.24, 2.45) is 0 Å². The molecule has 1 aromatic carbocycles. The number of aliphatic hydroxyl groups is 2. The Morgan fingerprint density at radius 1 is 1.36 bits per heavy atom. The lowest BCUT2D eigenvalue weighted by Crippen LogP contribution is -2.17. The van der Waals surface area contributed by atoms with E-state index in [1.54, 1.807) is 30.3 Å². The van der Waals surface area contributed by atoms with E-state index in [2.05, 4.69) is 0 Å². The van der Waals surface area contributed by atoms with Crippen LogP contribution >= 0.6 is 11.6 Å². The third-order valence-electron chi connectivity index (χ3n) is 1.89. The van der Waals surface area contributed by atoms with Crippen molar-refractivity contribution < 1.29 is 10.2 Å². The molecule has 14 heavy (non-hydrogen) atoms. The molecule has 0 aliphatic carbocycles. The molecular weight excluding hydrogens is 202 g/mol. The Balaban J connectivity index is 2.84. The van der Waals surface area contributed by atoms with Crippen LogP contribution in [0.3, 0.4) is 0 Å². The van der Waals surface area contributed by atoms with Crippen molar-refractivity contribution in [2.45, 2.75) is 18.6 Å². The van der Waals surface area contributed by atoms with E-state index in [1.165, 1.54) is 0 Å². The van der Waals surface area contributed by atoms with Crippen molar-refractivity contribution >= 4 is 11.6 Å². The maximum absolute atomic E-state index is 9.62. The lowest BCUT2D eigenvalue weighted by molar-refractivity contribution is 0.0217. The summed E-state index contributed by atoms with van der Waals surface area (Å²) in [6, 6.07) is 8.47. The van der Waals surface area contributed by atoms with Crippen LogP contribution < -0.4 is 0 Å². The van der Waals surface area contributed by atoms with Crippen LogP contribution in [0.25, 0.3) is 0 Å². The molecule has 0 saturated carbocycles. The van der Waals surface area contributed by atoms with Gasteiger partial charge in [0.15, 0.2) is 0 Å². The number of aliphatic hydroxyl groups excluding tert-OH is 2. The number of nitriles is 1. The van der Waals surface area contributed by atoms with Gasteiger partial charge in [-0.25, -0.2) is 0 Å². The number of hydrogen-bond donors (Lipinski definition) is 2. The minimum atomic E-state index is -1.11. The molecule has 0 radical (unpaired) electrons. The van der Waals surface area contributed by atoms with Crippen molar-refractivity contribution in [3.63, 3.8) is 0 Å². The molecule has 0 amide bonds. The van der Waals surface area contributed by atoms with E-state index in [9.17, 15) is 10.2 Å². The number of rotatable bonds is 3. The molecule has 1 rings (SSSR count). The van der Waals surface area contributed by atoms with E-state index in [-0.39, 0.29) is 6.42 Å². The zero-order valence-corrected chi connectivity index (χ0v) is 8.15. The minimum absolute atomic E-state index is 0.119. The molecule has 0 saturated heterocycles. The molecule has 74 valence electrons. The molecule has 1 aromatic rings. The molecule has 4 heteroatoms. The summed E-state index contributed by atoms with van der Waals surface area (Å²) in [5.41, 5.74) is 0.442. The second kappa shape index (κ2) is 4.97. The topological polar surface area (TPSA) is 64.2 Å². The minimum Gasteiger partial charge on any atom is -0.389 e. The highest BCUT2D eigenvalue weighted by Crippen LogP contribution is 2.25. The Morgan fingerprint density at radius 2 is 2.00 bits per heavy atom. The number of halogens is 1. The zero-order valence-electron chi connectivity index (χ0n) is 7.39. The fourth-order valence-electron chi connectivity index (χ4n) is 1.13. The van der Waals surface area contributed by atoms with Gasteiger partial charge in [-0.2, -0.15) is 5.26 Å². The molecule has 2 unspecified atom stereocenters.